The van der Waals surface area contributed by atoms with Crippen molar-refractivity contribution in [1.82, 2.24) is 5.32 Å². The zero-order chi connectivity index (χ0) is 11.0. The second kappa shape index (κ2) is 7.64. The van der Waals surface area contributed by atoms with E-state index in [2.05, 4.69) is 10.1 Å². The van der Waals surface area contributed by atoms with Crippen LogP contribution in [0.3, 0.4) is 0 Å². The molecule has 0 saturated heterocycles. The van der Waals surface area contributed by atoms with Gasteiger partial charge in [-0.25, -0.2) is 4.79 Å². The van der Waals surface area contributed by atoms with E-state index in [1.54, 1.807) is 18.7 Å². The minimum absolute atomic E-state index is 0.235. The summed E-state index contributed by atoms with van der Waals surface area (Å²) >= 11 is 1.60. The third-order valence-electron chi connectivity index (χ3n) is 1.47. The maximum absolute atomic E-state index is 11.2. The summed E-state index contributed by atoms with van der Waals surface area (Å²) in [7, 11) is 0. The van der Waals surface area contributed by atoms with E-state index in [4.69, 9.17) is 5.73 Å². The third-order valence-corrected chi connectivity index (χ3v) is 2.11. The highest BCUT2D eigenvalue weighted by Crippen LogP contribution is 1.98. The summed E-state index contributed by atoms with van der Waals surface area (Å²) in [5.74, 6) is 0.301. The van der Waals surface area contributed by atoms with Crippen LogP contribution in [0.1, 0.15) is 13.3 Å². The molecule has 3 N–H and O–H groups in total. The summed E-state index contributed by atoms with van der Waals surface area (Å²) in [4.78, 5) is 22.0. The highest BCUT2D eigenvalue weighted by molar-refractivity contribution is 7.98. The quantitative estimate of drug-likeness (QED) is 0.698. The Morgan fingerprint density at radius 1 is 1.57 bits per heavy atom. The number of alkyl carbamates (subject to hydrolysis) is 1. The molecule has 0 bridgehead atoms. The average Bonchev–Trinajstić information content (AvgIpc) is 2.14. The first-order valence-electron chi connectivity index (χ1n) is 4.34. The molecule has 14 heavy (non-hydrogen) atoms. The summed E-state index contributed by atoms with van der Waals surface area (Å²) in [6, 6.07) is -0.646. The van der Waals surface area contributed by atoms with Crippen LogP contribution in [0.2, 0.25) is 0 Å². The average molecular weight is 220 g/mol. The number of nitrogens with two attached hydrogens (primary N) is 1. The van der Waals surface area contributed by atoms with Crippen LogP contribution in [0.4, 0.5) is 4.79 Å². The van der Waals surface area contributed by atoms with Crippen molar-refractivity contribution in [3.8, 4) is 0 Å². The van der Waals surface area contributed by atoms with Crippen molar-refractivity contribution >= 4 is 23.8 Å². The number of ether oxygens (including phenoxy) is 1. The van der Waals surface area contributed by atoms with Crippen LogP contribution in [-0.2, 0) is 9.53 Å². The molecule has 0 aliphatic rings. The number of hydrogen-bond donors (Lipinski definition) is 2. The van der Waals surface area contributed by atoms with Gasteiger partial charge >= 0.3 is 6.09 Å². The van der Waals surface area contributed by atoms with Gasteiger partial charge < -0.3 is 10.5 Å². The van der Waals surface area contributed by atoms with Crippen LogP contribution in [-0.4, -0.2) is 36.7 Å². The Morgan fingerprint density at radius 3 is 2.71 bits per heavy atom. The Hall–Kier alpha value is -0.750. The molecule has 0 fully saturated rings. The van der Waals surface area contributed by atoms with Crippen LogP contribution >= 0.6 is 11.8 Å². The van der Waals surface area contributed by atoms with E-state index in [0.29, 0.717) is 6.42 Å². The molecule has 0 saturated carbocycles. The number of carbonyl (C=O) groups excluding carboxylic acids is 2. The smallest absolute Gasteiger partial charge is 0.413 e. The number of imide groups is 1. The van der Waals surface area contributed by atoms with E-state index in [0.717, 1.165) is 5.75 Å². The van der Waals surface area contributed by atoms with Gasteiger partial charge in [0.05, 0.1) is 12.6 Å². The molecule has 0 aromatic heterocycles. The molecule has 0 radical (unpaired) electrons. The highest BCUT2D eigenvalue weighted by Gasteiger charge is 2.15. The standard InChI is InChI=1S/C8H16N2O3S/c1-3-13-8(12)10-7(11)6(9)4-5-14-2/h6H,3-5,9H2,1-2H3,(H,10,11,12)/t6-/m0/s1. The minimum Gasteiger partial charge on any atom is -0.450 e. The normalized spacial score (nSPS) is 11.9. The maximum Gasteiger partial charge on any atom is 0.413 e. The topological polar surface area (TPSA) is 81.4 Å². The number of rotatable bonds is 5. The van der Waals surface area contributed by atoms with Gasteiger partial charge in [-0.15, -0.1) is 0 Å². The number of amides is 2. The van der Waals surface area contributed by atoms with Gasteiger partial charge in [-0.05, 0) is 25.4 Å². The van der Waals surface area contributed by atoms with Crippen LogP contribution in [0, 0.1) is 0 Å². The molecule has 0 heterocycles. The Kier molecular flexibility index (Phi) is 7.23. The van der Waals surface area contributed by atoms with Gasteiger partial charge in [0.2, 0.25) is 5.91 Å². The molecule has 1 atom stereocenters. The molecule has 82 valence electrons. The van der Waals surface area contributed by atoms with Crippen molar-refractivity contribution in [3.63, 3.8) is 0 Å². The van der Waals surface area contributed by atoms with E-state index in [-0.39, 0.29) is 6.61 Å². The molecular weight excluding hydrogens is 204 g/mol. The summed E-state index contributed by atoms with van der Waals surface area (Å²) in [5.41, 5.74) is 5.51. The molecule has 0 spiro atoms. The summed E-state index contributed by atoms with van der Waals surface area (Å²) in [5, 5.41) is 2.06. The van der Waals surface area contributed by atoms with Crippen LogP contribution in [0.25, 0.3) is 0 Å². The van der Waals surface area contributed by atoms with Crippen molar-refractivity contribution in [3.05, 3.63) is 0 Å². The van der Waals surface area contributed by atoms with Gasteiger partial charge in [0.25, 0.3) is 0 Å². The maximum atomic E-state index is 11.2. The van der Waals surface area contributed by atoms with E-state index in [1.165, 1.54) is 0 Å². The van der Waals surface area contributed by atoms with Crippen molar-refractivity contribution in [1.29, 1.82) is 0 Å². The fraction of sp³-hybridized carbons (Fsp3) is 0.750. The zero-order valence-electron chi connectivity index (χ0n) is 8.41. The SMILES string of the molecule is CCOC(=O)NC(=O)[C@@H](N)CCSC. The van der Waals surface area contributed by atoms with E-state index < -0.39 is 18.0 Å². The monoisotopic (exact) mass is 220 g/mol. The summed E-state index contributed by atoms with van der Waals surface area (Å²) < 4.78 is 4.54. The predicted molar refractivity (Wildman–Crippen MR) is 56.1 cm³/mol. The molecule has 0 aromatic rings. The molecule has 5 nitrogen and oxygen atoms in total. The van der Waals surface area contributed by atoms with Crippen molar-refractivity contribution < 1.29 is 14.3 Å². The van der Waals surface area contributed by atoms with E-state index in [9.17, 15) is 9.59 Å². The Balaban J connectivity index is 3.76. The molecular formula is C8H16N2O3S. The molecule has 0 aromatic carbocycles. The second-order valence-corrected chi connectivity index (χ2v) is 3.58. The first-order chi connectivity index (χ1) is 6.61. The Labute approximate surface area is 87.7 Å². The second-order valence-electron chi connectivity index (χ2n) is 2.60. The van der Waals surface area contributed by atoms with E-state index >= 15 is 0 Å². The van der Waals surface area contributed by atoms with Crippen LogP contribution in [0.15, 0.2) is 0 Å². The van der Waals surface area contributed by atoms with Gasteiger partial charge in [-0.2, -0.15) is 11.8 Å². The lowest BCUT2D eigenvalue weighted by molar-refractivity contribution is -0.121. The van der Waals surface area contributed by atoms with Crippen molar-refractivity contribution in [2.45, 2.75) is 19.4 Å². The molecule has 0 aliphatic carbocycles. The molecule has 0 rings (SSSR count). The van der Waals surface area contributed by atoms with Crippen molar-refractivity contribution in [2.24, 2.45) is 5.73 Å². The first-order valence-corrected chi connectivity index (χ1v) is 5.73. The fourth-order valence-electron chi connectivity index (χ4n) is 0.736. The fourth-order valence-corrected chi connectivity index (χ4v) is 1.23. The summed E-state index contributed by atoms with van der Waals surface area (Å²) in [6.45, 7) is 1.90. The minimum atomic E-state index is -0.739. The number of hydrogen-bond acceptors (Lipinski definition) is 5. The van der Waals surface area contributed by atoms with Gasteiger partial charge in [-0.1, -0.05) is 0 Å². The van der Waals surface area contributed by atoms with E-state index in [1.807, 2.05) is 6.26 Å². The molecule has 6 heteroatoms. The molecule has 0 unspecified atom stereocenters. The number of thioether (sulfide) groups is 1. The van der Waals surface area contributed by atoms with Crippen molar-refractivity contribution in [2.75, 3.05) is 18.6 Å². The number of carbonyl (C=O) groups is 2. The van der Waals surface area contributed by atoms with Gasteiger partial charge in [-0.3, -0.25) is 10.1 Å². The molecule has 2 amide bonds. The predicted octanol–water partition coefficient (Wildman–Crippen LogP) is 0.339. The van der Waals surface area contributed by atoms with Gasteiger partial charge in [0.1, 0.15) is 0 Å². The lowest BCUT2D eigenvalue weighted by atomic mass is 10.2. The lowest BCUT2D eigenvalue weighted by Crippen LogP contribution is -2.43. The third kappa shape index (κ3) is 5.82. The lowest BCUT2D eigenvalue weighted by Gasteiger charge is -2.10. The van der Waals surface area contributed by atoms with Gasteiger partial charge in [0, 0.05) is 0 Å². The van der Waals surface area contributed by atoms with Crippen LogP contribution in [0.5, 0.6) is 0 Å². The largest absolute Gasteiger partial charge is 0.450 e. The first kappa shape index (κ1) is 13.2. The number of nitrogens with one attached hydrogen (secondary N) is 1. The highest BCUT2D eigenvalue weighted by atomic mass is 32.2. The molecule has 0 aliphatic heterocycles. The van der Waals surface area contributed by atoms with Crippen LogP contribution < -0.4 is 11.1 Å². The van der Waals surface area contributed by atoms with Gasteiger partial charge in [0.15, 0.2) is 0 Å². The Morgan fingerprint density at radius 2 is 2.21 bits per heavy atom. The summed E-state index contributed by atoms with van der Waals surface area (Å²) in [6.07, 6.45) is 1.74. The zero-order valence-corrected chi connectivity index (χ0v) is 9.23. The Bertz CT molecular complexity index is 199.